The number of nitrogens with one attached hydrogen (secondary N) is 2. The van der Waals surface area contributed by atoms with Crippen LogP contribution >= 0.6 is 0 Å². The number of rotatable bonds is 9. The Morgan fingerprint density at radius 3 is 2.41 bits per heavy atom. The number of carboxylic acid groups (broad SMARTS) is 2. The maximum Gasteiger partial charge on any atom is 0.326 e. The molecule has 0 saturated heterocycles. The lowest BCUT2D eigenvalue weighted by Crippen LogP contribution is -2.41. The van der Waals surface area contributed by atoms with Gasteiger partial charge in [-0.15, -0.1) is 0 Å². The molecule has 0 saturated carbocycles. The quantitative estimate of drug-likeness (QED) is 0.234. The molecular formula is C20H22N8O6. The van der Waals surface area contributed by atoms with E-state index in [2.05, 4.69) is 25.3 Å². The van der Waals surface area contributed by atoms with Crippen LogP contribution in [0.3, 0.4) is 0 Å². The molecule has 178 valence electrons. The van der Waals surface area contributed by atoms with Crippen molar-refractivity contribution in [2.24, 2.45) is 0 Å². The van der Waals surface area contributed by atoms with Gasteiger partial charge in [0, 0.05) is 24.7 Å². The fourth-order valence-electron chi connectivity index (χ4n) is 3.11. The lowest BCUT2D eigenvalue weighted by Gasteiger charge is -2.19. The van der Waals surface area contributed by atoms with E-state index in [0.29, 0.717) is 5.69 Å². The number of nitrogens with zero attached hydrogens (tertiary/aromatic N) is 4. The first kappa shape index (κ1) is 23.9. The first-order valence-electron chi connectivity index (χ1n) is 9.93. The highest BCUT2D eigenvalue weighted by molar-refractivity contribution is 5.97. The predicted octanol–water partition coefficient (Wildman–Crippen LogP) is -0.438. The third-order valence-corrected chi connectivity index (χ3v) is 4.88. The van der Waals surface area contributed by atoms with E-state index in [9.17, 15) is 24.3 Å². The number of nitrogens with two attached hydrogens (primary N) is 2. The van der Waals surface area contributed by atoms with Crippen LogP contribution in [0.15, 0.2) is 29.1 Å². The van der Waals surface area contributed by atoms with Gasteiger partial charge in [0.15, 0.2) is 11.5 Å². The second-order valence-electron chi connectivity index (χ2n) is 7.38. The van der Waals surface area contributed by atoms with Crippen LogP contribution in [0.1, 0.15) is 28.9 Å². The van der Waals surface area contributed by atoms with Gasteiger partial charge in [-0.1, -0.05) is 0 Å². The number of carboxylic acids is 2. The van der Waals surface area contributed by atoms with Crippen LogP contribution in [0.2, 0.25) is 0 Å². The molecule has 0 unspecified atom stereocenters. The molecule has 0 spiro atoms. The number of aromatic amines is 1. The summed E-state index contributed by atoms with van der Waals surface area (Å²) in [5.74, 6) is -3.21. The van der Waals surface area contributed by atoms with Crippen molar-refractivity contribution in [2.45, 2.75) is 25.4 Å². The Morgan fingerprint density at radius 2 is 1.79 bits per heavy atom. The Bertz CT molecular complexity index is 1310. The molecule has 14 heteroatoms. The molecule has 2 heterocycles. The number of carbonyl (C=O) groups is 3. The number of H-pyrrole nitrogens is 1. The van der Waals surface area contributed by atoms with Gasteiger partial charge in [-0.25, -0.2) is 9.78 Å². The third-order valence-electron chi connectivity index (χ3n) is 4.88. The standard InChI is InChI=1S/C20H22N8O6/c1-28(8-12-18(32)26-16-14(23-12)15(21)25-20(22)27-16)10-4-2-9(3-5-10)17(31)24-11(19(33)34)6-7-13(29)30/h2-5,11H,6-8H2,1H3,(H,24,31)(H,29,30)(H,33,34)(H5,21,22,25,26,27,32)/t11-/m1/s1. The Labute approximate surface area is 191 Å². The van der Waals surface area contributed by atoms with Crippen molar-refractivity contribution in [2.75, 3.05) is 23.4 Å². The number of fused-ring (bicyclic) bond motifs is 1. The molecular weight excluding hydrogens is 448 g/mol. The molecule has 0 fully saturated rings. The average molecular weight is 470 g/mol. The molecule has 0 aliphatic carbocycles. The maximum absolute atomic E-state index is 12.4. The number of aromatic nitrogens is 4. The zero-order chi connectivity index (χ0) is 25.0. The van der Waals surface area contributed by atoms with Gasteiger partial charge >= 0.3 is 11.9 Å². The molecule has 0 aliphatic rings. The van der Waals surface area contributed by atoms with E-state index in [1.807, 2.05) is 0 Å². The molecule has 8 N–H and O–H groups in total. The average Bonchev–Trinajstić information content (AvgIpc) is 2.77. The summed E-state index contributed by atoms with van der Waals surface area (Å²) in [4.78, 5) is 63.0. The van der Waals surface area contributed by atoms with Crippen molar-refractivity contribution in [1.82, 2.24) is 25.3 Å². The predicted molar refractivity (Wildman–Crippen MR) is 121 cm³/mol. The zero-order valence-electron chi connectivity index (χ0n) is 18.0. The normalized spacial score (nSPS) is 11.7. The maximum atomic E-state index is 12.4. The van der Waals surface area contributed by atoms with E-state index in [0.717, 1.165) is 0 Å². The molecule has 0 bridgehead atoms. The lowest BCUT2D eigenvalue weighted by atomic mass is 10.1. The zero-order valence-corrected chi connectivity index (χ0v) is 18.0. The summed E-state index contributed by atoms with van der Waals surface area (Å²) in [5.41, 5.74) is 12.2. The van der Waals surface area contributed by atoms with Gasteiger partial charge in [-0.2, -0.15) is 9.97 Å². The van der Waals surface area contributed by atoms with Crippen LogP contribution in [0.25, 0.3) is 11.2 Å². The van der Waals surface area contributed by atoms with E-state index < -0.39 is 35.9 Å². The van der Waals surface area contributed by atoms with Crippen LogP contribution < -0.4 is 27.2 Å². The first-order valence-corrected chi connectivity index (χ1v) is 9.93. The molecule has 34 heavy (non-hydrogen) atoms. The van der Waals surface area contributed by atoms with Crippen LogP contribution in [0, 0.1) is 0 Å². The number of nitrogen functional groups attached to an aromatic ring is 2. The number of hydrogen-bond donors (Lipinski definition) is 6. The smallest absolute Gasteiger partial charge is 0.326 e. The van der Waals surface area contributed by atoms with Gasteiger partial charge in [0.1, 0.15) is 17.3 Å². The lowest BCUT2D eigenvalue weighted by molar-refractivity contribution is -0.140. The van der Waals surface area contributed by atoms with Gasteiger partial charge in [0.2, 0.25) is 5.95 Å². The van der Waals surface area contributed by atoms with Crippen LogP contribution in [0.5, 0.6) is 0 Å². The Balaban J connectivity index is 1.72. The SMILES string of the molecule is CN(Cc1nc2c(N)nc(N)nc2[nH]c1=O)c1ccc(C(=O)N[C@H](CCC(=O)O)C(=O)O)cc1. The summed E-state index contributed by atoms with van der Waals surface area (Å²) in [7, 11) is 1.70. The van der Waals surface area contributed by atoms with Gasteiger partial charge in [-0.3, -0.25) is 14.4 Å². The van der Waals surface area contributed by atoms with Gasteiger partial charge in [-0.05, 0) is 30.7 Å². The Hall–Kier alpha value is -4.75. The summed E-state index contributed by atoms with van der Waals surface area (Å²) < 4.78 is 0. The monoisotopic (exact) mass is 470 g/mol. The fourth-order valence-corrected chi connectivity index (χ4v) is 3.11. The Morgan fingerprint density at radius 1 is 1.12 bits per heavy atom. The topological polar surface area (TPSA) is 231 Å². The van der Waals surface area contributed by atoms with Crippen molar-refractivity contribution in [3.8, 4) is 0 Å². The van der Waals surface area contributed by atoms with Gasteiger partial charge in [0.25, 0.3) is 11.5 Å². The van der Waals surface area contributed by atoms with E-state index in [1.54, 1.807) is 24.1 Å². The molecule has 1 atom stereocenters. The summed E-state index contributed by atoms with van der Waals surface area (Å²) in [6, 6.07) is 4.84. The van der Waals surface area contributed by atoms with E-state index in [1.165, 1.54) is 12.1 Å². The van der Waals surface area contributed by atoms with Crippen LogP contribution in [-0.4, -0.2) is 61.1 Å². The third kappa shape index (κ3) is 5.53. The fraction of sp³-hybridized carbons (Fsp3) is 0.250. The molecule has 1 aromatic carbocycles. The minimum atomic E-state index is -1.33. The van der Waals surface area contributed by atoms with Crippen molar-refractivity contribution < 1.29 is 24.6 Å². The Kier molecular flexibility index (Phi) is 6.89. The number of amides is 1. The molecule has 3 rings (SSSR count). The van der Waals surface area contributed by atoms with E-state index in [-0.39, 0.29) is 47.2 Å². The molecule has 2 aromatic heterocycles. The number of carbonyl (C=O) groups excluding carboxylic acids is 1. The van der Waals surface area contributed by atoms with Gasteiger partial charge < -0.3 is 36.9 Å². The summed E-state index contributed by atoms with van der Waals surface area (Å²) in [6.45, 7) is 0.0942. The van der Waals surface area contributed by atoms with E-state index in [4.69, 9.17) is 16.6 Å². The summed E-state index contributed by atoms with van der Waals surface area (Å²) in [5, 5.41) is 20.2. The second kappa shape index (κ2) is 9.81. The molecule has 1 amide bonds. The van der Waals surface area contributed by atoms with Crippen LogP contribution in [0.4, 0.5) is 17.5 Å². The summed E-state index contributed by atoms with van der Waals surface area (Å²) >= 11 is 0. The van der Waals surface area contributed by atoms with Crippen molar-refractivity contribution in [3.63, 3.8) is 0 Å². The summed E-state index contributed by atoms with van der Waals surface area (Å²) in [6.07, 6.45) is -0.638. The van der Waals surface area contributed by atoms with Crippen LogP contribution in [-0.2, 0) is 16.1 Å². The molecule has 0 aliphatic heterocycles. The number of aliphatic carboxylic acids is 2. The first-order chi connectivity index (χ1) is 16.0. The molecule has 3 aromatic rings. The number of benzene rings is 1. The highest BCUT2D eigenvalue weighted by atomic mass is 16.4. The van der Waals surface area contributed by atoms with Crippen molar-refractivity contribution in [1.29, 1.82) is 0 Å². The molecule has 0 radical (unpaired) electrons. The number of anilines is 3. The highest BCUT2D eigenvalue weighted by Crippen LogP contribution is 2.17. The number of hydrogen-bond acceptors (Lipinski definition) is 10. The minimum Gasteiger partial charge on any atom is -0.481 e. The minimum absolute atomic E-state index is 0.0287. The largest absolute Gasteiger partial charge is 0.481 e. The second-order valence-corrected chi connectivity index (χ2v) is 7.38. The van der Waals surface area contributed by atoms with Gasteiger partial charge in [0.05, 0.1) is 6.54 Å². The van der Waals surface area contributed by atoms with Crippen molar-refractivity contribution in [3.05, 3.63) is 45.9 Å². The molecule has 14 nitrogen and oxygen atoms in total. The van der Waals surface area contributed by atoms with Crippen molar-refractivity contribution >= 4 is 46.5 Å². The highest BCUT2D eigenvalue weighted by Gasteiger charge is 2.22. The van der Waals surface area contributed by atoms with E-state index >= 15 is 0 Å².